The van der Waals surface area contributed by atoms with Gasteiger partial charge in [-0.05, 0) is 54.6 Å². The van der Waals surface area contributed by atoms with Gasteiger partial charge in [-0.25, -0.2) is 14.4 Å². The van der Waals surface area contributed by atoms with E-state index in [1.54, 1.807) is 0 Å². The second kappa shape index (κ2) is 15.0. The first-order valence-electron chi connectivity index (χ1n) is 14.5. The third-order valence-corrected chi connectivity index (χ3v) is 7.70. The lowest BCUT2D eigenvalue weighted by Gasteiger charge is -2.27. The van der Waals surface area contributed by atoms with Gasteiger partial charge in [-0.1, -0.05) is 0 Å². The highest BCUT2D eigenvalue weighted by atomic mass is 16.5. The zero-order chi connectivity index (χ0) is 35.1. The van der Waals surface area contributed by atoms with Crippen molar-refractivity contribution >= 4 is 35.6 Å². The maximum atomic E-state index is 13.9. The van der Waals surface area contributed by atoms with Crippen LogP contribution in [0.4, 0.5) is 0 Å². The molecule has 0 spiro atoms. The van der Waals surface area contributed by atoms with Crippen LogP contribution in [0.2, 0.25) is 0 Å². The lowest BCUT2D eigenvalue weighted by Crippen LogP contribution is -2.42. The molecule has 0 aliphatic carbocycles. The molecule has 0 unspecified atom stereocenters. The molecule has 0 atom stereocenters. The molecule has 3 N–H and O–H groups in total. The first kappa shape index (κ1) is 34.7. The minimum absolute atomic E-state index is 0.0909. The van der Waals surface area contributed by atoms with Gasteiger partial charge in [0, 0.05) is 39.3 Å². The minimum atomic E-state index is -0.877. The Labute approximate surface area is 274 Å². The molecule has 0 bridgehead atoms. The van der Waals surface area contributed by atoms with Crippen LogP contribution in [-0.2, 0) is 14.2 Å². The highest BCUT2D eigenvalue weighted by Crippen LogP contribution is 2.24. The van der Waals surface area contributed by atoms with Crippen molar-refractivity contribution in [1.82, 2.24) is 14.7 Å². The molecule has 1 saturated heterocycles. The zero-order valence-electron chi connectivity index (χ0n) is 26.3. The van der Waals surface area contributed by atoms with E-state index in [1.165, 1.54) is 51.1 Å². The number of rotatable bonds is 6. The Kier molecular flexibility index (Phi) is 10.8. The van der Waals surface area contributed by atoms with E-state index < -0.39 is 35.6 Å². The van der Waals surface area contributed by atoms with Gasteiger partial charge in [0.25, 0.3) is 17.7 Å². The Hall–Kier alpha value is -6.12. The molecule has 15 nitrogen and oxygen atoms in total. The number of methoxy groups -OCH3 is 3. The fourth-order valence-electron chi connectivity index (χ4n) is 5.17. The summed E-state index contributed by atoms with van der Waals surface area (Å²) in [4.78, 5) is 83.2. The monoisotopic (exact) mass is 663 g/mol. The predicted octanol–water partition coefficient (Wildman–Crippen LogP) is 1.90. The summed E-state index contributed by atoms with van der Waals surface area (Å²) < 4.78 is 14.4. The SMILES string of the molecule is COC(=O)c1cc(O)ccc1C(=O)N1CCN(C(=O)c2ccc(O)cc2C(=O)OC)CCN(C(=O)c2ccc(O)cc2C(=O)OC)CC1. The molecule has 1 fully saturated rings. The number of phenolic OH excluding ortho intramolecular Hbond substituents is 3. The van der Waals surface area contributed by atoms with Crippen LogP contribution in [0.25, 0.3) is 0 Å². The van der Waals surface area contributed by atoms with E-state index >= 15 is 0 Å². The molecule has 0 radical (unpaired) electrons. The van der Waals surface area contributed by atoms with E-state index in [1.807, 2.05) is 0 Å². The molecule has 252 valence electrons. The summed E-state index contributed by atoms with van der Waals surface area (Å²) >= 11 is 0. The van der Waals surface area contributed by atoms with E-state index in [0.717, 1.165) is 39.5 Å². The Morgan fingerprint density at radius 1 is 0.438 bits per heavy atom. The molecule has 1 aliphatic heterocycles. The predicted molar refractivity (Wildman–Crippen MR) is 166 cm³/mol. The van der Waals surface area contributed by atoms with Crippen LogP contribution in [0, 0.1) is 0 Å². The summed E-state index contributed by atoms with van der Waals surface area (Å²) in [5.41, 5.74) is -0.932. The molecule has 0 aromatic heterocycles. The number of phenols is 3. The molecule has 1 aliphatic rings. The van der Waals surface area contributed by atoms with Crippen molar-refractivity contribution in [2.45, 2.75) is 0 Å². The normalized spacial score (nSPS) is 13.4. The second-order valence-corrected chi connectivity index (χ2v) is 10.5. The number of carbonyl (C=O) groups is 6. The van der Waals surface area contributed by atoms with Gasteiger partial charge in [0.2, 0.25) is 0 Å². The number of hydrogen-bond donors (Lipinski definition) is 3. The second-order valence-electron chi connectivity index (χ2n) is 10.5. The fraction of sp³-hybridized carbons (Fsp3) is 0.273. The number of benzene rings is 3. The highest BCUT2D eigenvalue weighted by molar-refractivity contribution is 6.07. The van der Waals surface area contributed by atoms with E-state index in [4.69, 9.17) is 14.2 Å². The summed E-state index contributed by atoms with van der Waals surface area (Å²) in [5.74, 6) is -5.49. The number of carbonyl (C=O) groups excluding carboxylic acids is 6. The van der Waals surface area contributed by atoms with Crippen LogP contribution in [0.1, 0.15) is 62.1 Å². The number of esters is 3. The van der Waals surface area contributed by atoms with Crippen molar-refractivity contribution in [1.29, 1.82) is 0 Å². The first-order chi connectivity index (χ1) is 22.9. The van der Waals surface area contributed by atoms with E-state index in [2.05, 4.69) is 0 Å². The van der Waals surface area contributed by atoms with E-state index in [0.29, 0.717) is 0 Å². The topological polar surface area (TPSA) is 201 Å². The standard InChI is InChI=1S/C33H33N3O12/c1-46-31(43)25-16-19(37)4-7-22(25)28(40)34-10-12-35(29(41)23-8-5-20(38)17-26(23)32(44)47-2)14-15-36(13-11-34)30(42)24-9-6-21(39)18-27(24)33(45)48-3/h4-9,16-18,37-39H,10-15H2,1-3H3. The third kappa shape index (κ3) is 7.46. The van der Waals surface area contributed by atoms with Crippen LogP contribution in [0.5, 0.6) is 17.2 Å². The Morgan fingerprint density at radius 2 is 0.667 bits per heavy atom. The maximum Gasteiger partial charge on any atom is 0.338 e. The van der Waals surface area contributed by atoms with Gasteiger partial charge >= 0.3 is 17.9 Å². The molecule has 3 aromatic carbocycles. The summed E-state index contributed by atoms with van der Waals surface area (Å²) in [5, 5.41) is 29.9. The van der Waals surface area contributed by atoms with Gasteiger partial charge in [0.05, 0.1) is 54.7 Å². The number of nitrogens with zero attached hydrogens (tertiary/aromatic N) is 3. The van der Waals surface area contributed by atoms with Gasteiger partial charge in [-0.2, -0.15) is 0 Å². The number of ether oxygens (including phenoxy) is 3. The molecule has 48 heavy (non-hydrogen) atoms. The third-order valence-electron chi connectivity index (χ3n) is 7.70. The van der Waals surface area contributed by atoms with Gasteiger partial charge in [-0.3, -0.25) is 14.4 Å². The van der Waals surface area contributed by atoms with Crippen LogP contribution in [-0.4, -0.2) is 126 Å². The summed E-state index contributed by atoms with van der Waals surface area (Å²) in [6.45, 7) is -0.546. The minimum Gasteiger partial charge on any atom is -0.508 e. The quantitative estimate of drug-likeness (QED) is 0.256. The average Bonchev–Trinajstić information content (AvgIpc) is 3.20. The summed E-state index contributed by atoms with van der Waals surface area (Å²) in [6, 6.07) is 10.7. The fourth-order valence-corrected chi connectivity index (χ4v) is 5.17. The maximum absolute atomic E-state index is 13.9. The molecule has 3 amide bonds. The molecule has 0 saturated carbocycles. The van der Waals surface area contributed by atoms with Gasteiger partial charge in [0.1, 0.15) is 17.2 Å². The highest BCUT2D eigenvalue weighted by Gasteiger charge is 2.31. The van der Waals surface area contributed by atoms with E-state index in [-0.39, 0.29) is 89.9 Å². The van der Waals surface area contributed by atoms with Crippen LogP contribution >= 0.6 is 0 Å². The molecule has 1 heterocycles. The van der Waals surface area contributed by atoms with Crippen LogP contribution in [0.3, 0.4) is 0 Å². The Balaban J connectivity index is 1.76. The molecular weight excluding hydrogens is 630 g/mol. The van der Waals surface area contributed by atoms with Gasteiger partial charge in [0.15, 0.2) is 0 Å². The summed E-state index contributed by atoms with van der Waals surface area (Å²) in [6.07, 6.45) is 0. The molecule has 3 aromatic rings. The number of aromatic hydroxyl groups is 3. The van der Waals surface area contributed by atoms with Crippen molar-refractivity contribution < 1.29 is 58.3 Å². The zero-order valence-corrected chi connectivity index (χ0v) is 26.3. The molecule has 15 heteroatoms. The van der Waals surface area contributed by atoms with Gasteiger partial charge in [-0.15, -0.1) is 0 Å². The lowest BCUT2D eigenvalue weighted by atomic mass is 10.0. The number of amides is 3. The average molecular weight is 664 g/mol. The Bertz CT molecular complexity index is 1560. The molecule has 4 rings (SSSR count). The van der Waals surface area contributed by atoms with Crippen molar-refractivity contribution in [2.75, 3.05) is 60.6 Å². The van der Waals surface area contributed by atoms with Crippen molar-refractivity contribution in [3.05, 3.63) is 88.0 Å². The number of hydrogen-bond acceptors (Lipinski definition) is 12. The molecular formula is C33H33N3O12. The van der Waals surface area contributed by atoms with E-state index in [9.17, 15) is 44.1 Å². The first-order valence-corrected chi connectivity index (χ1v) is 14.5. The Morgan fingerprint density at radius 3 is 0.875 bits per heavy atom. The van der Waals surface area contributed by atoms with Crippen molar-refractivity contribution in [3.8, 4) is 17.2 Å². The van der Waals surface area contributed by atoms with Crippen LogP contribution < -0.4 is 0 Å². The largest absolute Gasteiger partial charge is 0.508 e. The lowest BCUT2D eigenvalue weighted by molar-refractivity contribution is 0.0579. The summed E-state index contributed by atoms with van der Waals surface area (Å²) in [7, 11) is 3.35. The van der Waals surface area contributed by atoms with Crippen LogP contribution in [0.15, 0.2) is 54.6 Å². The van der Waals surface area contributed by atoms with Crippen molar-refractivity contribution in [3.63, 3.8) is 0 Å². The smallest absolute Gasteiger partial charge is 0.338 e. The van der Waals surface area contributed by atoms with Gasteiger partial charge < -0.3 is 44.2 Å². The van der Waals surface area contributed by atoms with Crippen molar-refractivity contribution in [2.24, 2.45) is 0 Å².